The van der Waals surface area contributed by atoms with Crippen LogP contribution >= 0.6 is 0 Å². The van der Waals surface area contributed by atoms with E-state index in [-0.39, 0.29) is 48.6 Å². The van der Waals surface area contributed by atoms with Gasteiger partial charge in [-0.3, -0.25) is 14.9 Å². The van der Waals surface area contributed by atoms with Gasteiger partial charge in [0, 0.05) is 25.1 Å². The van der Waals surface area contributed by atoms with E-state index >= 15 is 0 Å². The van der Waals surface area contributed by atoms with E-state index in [2.05, 4.69) is 0 Å². The highest BCUT2D eigenvalue weighted by atomic mass is 16.6. The van der Waals surface area contributed by atoms with Crippen LogP contribution < -0.4 is 4.74 Å². The lowest BCUT2D eigenvalue weighted by atomic mass is 9.94. The molecule has 1 saturated carbocycles. The van der Waals surface area contributed by atoms with E-state index in [9.17, 15) is 25.1 Å². The van der Waals surface area contributed by atoms with Gasteiger partial charge in [0.2, 0.25) is 5.91 Å². The monoisotopic (exact) mass is 394 g/mol. The number of hydrogen-bond acceptors (Lipinski definition) is 6. The fraction of sp³-hybridized carbons (Fsp3) is 0.650. The molecule has 0 aliphatic heterocycles. The second-order valence-electron chi connectivity index (χ2n) is 7.18. The van der Waals surface area contributed by atoms with Crippen molar-refractivity contribution in [3.05, 3.63) is 33.9 Å². The van der Waals surface area contributed by atoms with E-state index in [1.165, 1.54) is 25.5 Å². The summed E-state index contributed by atoms with van der Waals surface area (Å²) < 4.78 is 5.64. The number of carbonyl (C=O) groups is 1. The number of benzene rings is 1. The van der Waals surface area contributed by atoms with Crippen molar-refractivity contribution in [2.24, 2.45) is 0 Å². The maximum absolute atomic E-state index is 12.6. The third-order valence-electron chi connectivity index (χ3n) is 5.13. The molecule has 1 atom stereocenters. The van der Waals surface area contributed by atoms with Gasteiger partial charge in [0.15, 0.2) is 0 Å². The van der Waals surface area contributed by atoms with Crippen molar-refractivity contribution in [3.63, 3.8) is 0 Å². The predicted octanol–water partition coefficient (Wildman–Crippen LogP) is 2.96. The topological polar surface area (TPSA) is 113 Å². The molecule has 8 nitrogen and oxygen atoms in total. The molecule has 0 heterocycles. The maximum atomic E-state index is 12.6. The van der Waals surface area contributed by atoms with Crippen LogP contribution in [-0.2, 0) is 4.79 Å². The molecular weight excluding hydrogens is 364 g/mol. The standard InChI is InChI=1S/C20H30N2O6/c1-15(24)20-17(22(26)27)9-5-10-18(20)28-14-6-11-19(25)21(12-13-23)16-7-3-2-4-8-16/h5,9-10,15-16,23-24H,2-4,6-8,11-14H2,1H3. The zero-order chi connectivity index (χ0) is 20.5. The Bertz CT molecular complexity index is 658. The van der Waals surface area contributed by atoms with Gasteiger partial charge in [0.05, 0.1) is 29.8 Å². The quantitative estimate of drug-likeness (QED) is 0.358. The molecule has 1 unspecified atom stereocenters. The Hall–Kier alpha value is -2.19. The minimum absolute atomic E-state index is 0.000609. The molecule has 1 aliphatic carbocycles. The number of nitro benzene ring substituents is 1. The van der Waals surface area contributed by atoms with Crippen LogP contribution in [-0.4, -0.2) is 51.7 Å². The molecule has 2 N–H and O–H groups in total. The summed E-state index contributed by atoms with van der Waals surface area (Å²) in [4.78, 5) is 25.0. The van der Waals surface area contributed by atoms with Gasteiger partial charge in [-0.05, 0) is 32.3 Å². The first-order valence-corrected chi connectivity index (χ1v) is 9.94. The van der Waals surface area contributed by atoms with Crippen LogP contribution in [0.2, 0.25) is 0 Å². The molecule has 0 aromatic heterocycles. The summed E-state index contributed by atoms with van der Waals surface area (Å²) in [6, 6.07) is 4.62. The second-order valence-corrected chi connectivity index (χ2v) is 7.18. The third kappa shape index (κ3) is 5.90. The number of aliphatic hydroxyl groups is 2. The highest BCUT2D eigenvalue weighted by molar-refractivity contribution is 5.76. The van der Waals surface area contributed by atoms with Crippen LogP contribution in [0.15, 0.2) is 18.2 Å². The Morgan fingerprint density at radius 3 is 2.68 bits per heavy atom. The summed E-state index contributed by atoms with van der Waals surface area (Å²) in [5.74, 6) is 0.260. The third-order valence-corrected chi connectivity index (χ3v) is 5.13. The van der Waals surface area contributed by atoms with Crippen molar-refractivity contribution >= 4 is 11.6 Å². The molecule has 1 aromatic carbocycles. The van der Waals surface area contributed by atoms with Crippen molar-refractivity contribution in [2.75, 3.05) is 19.8 Å². The molecule has 0 saturated heterocycles. The van der Waals surface area contributed by atoms with Gasteiger partial charge in [-0.2, -0.15) is 0 Å². The van der Waals surface area contributed by atoms with Crippen LogP contribution in [0.5, 0.6) is 5.75 Å². The van der Waals surface area contributed by atoms with Crippen molar-refractivity contribution in [2.45, 2.75) is 64.0 Å². The van der Waals surface area contributed by atoms with Crippen molar-refractivity contribution in [3.8, 4) is 5.75 Å². The molecule has 1 aliphatic rings. The number of rotatable bonds is 10. The normalized spacial score (nSPS) is 15.8. The van der Waals surface area contributed by atoms with Crippen molar-refractivity contribution < 1.29 is 24.7 Å². The fourth-order valence-corrected chi connectivity index (χ4v) is 3.80. The number of carbonyl (C=O) groups excluding carboxylic acids is 1. The molecule has 1 amide bonds. The van der Waals surface area contributed by atoms with E-state index in [0.29, 0.717) is 13.0 Å². The predicted molar refractivity (Wildman–Crippen MR) is 104 cm³/mol. The van der Waals surface area contributed by atoms with Crippen LogP contribution in [0.25, 0.3) is 0 Å². The van der Waals surface area contributed by atoms with Gasteiger partial charge in [-0.1, -0.05) is 25.3 Å². The summed E-state index contributed by atoms with van der Waals surface area (Å²) in [6.45, 7) is 1.96. The smallest absolute Gasteiger partial charge is 0.278 e. The second kappa shape index (κ2) is 11.0. The van der Waals surface area contributed by atoms with Gasteiger partial charge in [-0.15, -0.1) is 0 Å². The lowest BCUT2D eigenvalue weighted by Crippen LogP contribution is -2.43. The van der Waals surface area contributed by atoms with Crippen LogP contribution in [0.1, 0.15) is 63.5 Å². The van der Waals surface area contributed by atoms with Gasteiger partial charge < -0.3 is 19.8 Å². The zero-order valence-electron chi connectivity index (χ0n) is 16.4. The van der Waals surface area contributed by atoms with E-state index < -0.39 is 11.0 Å². The molecule has 0 spiro atoms. The number of nitro groups is 1. The Balaban J connectivity index is 1.91. The van der Waals surface area contributed by atoms with Crippen molar-refractivity contribution in [1.82, 2.24) is 4.90 Å². The summed E-state index contributed by atoms with van der Waals surface area (Å²) in [6.07, 6.45) is 5.08. The van der Waals surface area contributed by atoms with E-state index in [1.807, 2.05) is 0 Å². The van der Waals surface area contributed by atoms with Gasteiger partial charge in [0.25, 0.3) is 5.69 Å². The molecule has 28 heavy (non-hydrogen) atoms. The molecule has 156 valence electrons. The lowest BCUT2D eigenvalue weighted by Gasteiger charge is -2.34. The Morgan fingerprint density at radius 2 is 2.07 bits per heavy atom. The number of aliphatic hydroxyl groups excluding tert-OH is 2. The summed E-state index contributed by atoms with van der Waals surface area (Å²) in [5.41, 5.74) is -0.0436. The Morgan fingerprint density at radius 1 is 1.36 bits per heavy atom. The fourth-order valence-electron chi connectivity index (χ4n) is 3.80. The first-order chi connectivity index (χ1) is 13.5. The highest BCUT2D eigenvalue weighted by Gasteiger charge is 2.25. The highest BCUT2D eigenvalue weighted by Crippen LogP contribution is 2.33. The van der Waals surface area contributed by atoms with Crippen LogP contribution in [0.4, 0.5) is 5.69 Å². The Labute approximate surface area is 165 Å². The van der Waals surface area contributed by atoms with Crippen LogP contribution in [0.3, 0.4) is 0 Å². The average Bonchev–Trinajstić information content (AvgIpc) is 2.69. The molecule has 8 heteroatoms. The molecule has 2 rings (SSSR count). The van der Waals surface area contributed by atoms with Gasteiger partial charge >= 0.3 is 0 Å². The number of ether oxygens (including phenoxy) is 1. The first kappa shape index (κ1) is 22.1. The van der Waals surface area contributed by atoms with Gasteiger partial charge in [-0.25, -0.2) is 0 Å². The summed E-state index contributed by atoms with van der Waals surface area (Å²) >= 11 is 0. The summed E-state index contributed by atoms with van der Waals surface area (Å²) in [5, 5.41) is 30.3. The molecule has 1 aromatic rings. The minimum Gasteiger partial charge on any atom is -0.493 e. The molecule has 0 bridgehead atoms. The zero-order valence-corrected chi connectivity index (χ0v) is 16.4. The minimum atomic E-state index is -1.04. The van der Waals surface area contributed by atoms with E-state index in [0.717, 1.165) is 25.7 Å². The van der Waals surface area contributed by atoms with E-state index in [4.69, 9.17) is 4.74 Å². The molecule has 0 radical (unpaired) electrons. The Kier molecular flexibility index (Phi) is 8.66. The average molecular weight is 394 g/mol. The van der Waals surface area contributed by atoms with Crippen LogP contribution in [0, 0.1) is 10.1 Å². The lowest BCUT2D eigenvalue weighted by molar-refractivity contribution is -0.386. The van der Waals surface area contributed by atoms with Crippen molar-refractivity contribution in [1.29, 1.82) is 0 Å². The SMILES string of the molecule is CC(O)c1c(OCCCC(=O)N(CCO)C2CCCCC2)cccc1[N+](=O)[O-]. The van der Waals surface area contributed by atoms with Gasteiger partial charge in [0.1, 0.15) is 5.75 Å². The number of nitrogens with zero attached hydrogens (tertiary/aromatic N) is 2. The molecule has 1 fully saturated rings. The molecular formula is C20H30N2O6. The maximum Gasteiger partial charge on any atom is 0.278 e. The summed E-state index contributed by atoms with van der Waals surface area (Å²) in [7, 11) is 0. The largest absolute Gasteiger partial charge is 0.493 e. The van der Waals surface area contributed by atoms with E-state index in [1.54, 1.807) is 11.0 Å². The first-order valence-electron chi connectivity index (χ1n) is 9.94. The number of amides is 1. The number of hydrogen-bond donors (Lipinski definition) is 2.